The van der Waals surface area contributed by atoms with Crippen molar-refractivity contribution in [1.29, 1.82) is 0 Å². The third-order valence-electron chi connectivity index (χ3n) is 2.33. The van der Waals surface area contributed by atoms with Crippen LogP contribution in [0.4, 0.5) is 5.82 Å². The van der Waals surface area contributed by atoms with Gasteiger partial charge in [0, 0.05) is 6.04 Å². The van der Waals surface area contributed by atoms with E-state index in [0.717, 1.165) is 0 Å². The minimum Gasteiger partial charge on any atom is -0.480 e. The summed E-state index contributed by atoms with van der Waals surface area (Å²) in [5, 5.41) is 0. The average molecular weight is 253 g/mol. The van der Waals surface area contributed by atoms with Crippen LogP contribution in [-0.4, -0.2) is 42.2 Å². The van der Waals surface area contributed by atoms with E-state index in [1.54, 1.807) is 13.1 Å². The van der Waals surface area contributed by atoms with Gasteiger partial charge in [-0.25, -0.2) is 0 Å². The van der Waals surface area contributed by atoms with E-state index < -0.39 is 0 Å². The van der Waals surface area contributed by atoms with Gasteiger partial charge in [-0.2, -0.15) is 4.98 Å². The number of aromatic nitrogens is 2. The molecule has 100 valence electrons. The molecule has 6 nitrogen and oxygen atoms in total. The lowest BCUT2D eigenvalue weighted by Gasteiger charge is -2.26. The Balaban J connectivity index is 2.86. The molecule has 0 aliphatic carbocycles. The second kappa shape index (κ2) is 6.78. The molecule has 1 aromatic heterocycles. The van der Waals surface area contributed by atoms with Crippen molar-refractivity contribution in [1.82, 2.24) is 9.97 Å². The van der Waals surface area contributed by atoms with Gasteiger partial charge in [0.05, 0.1) is 26.1 Å². The second-order valence-electron chi connectivity index (χ2n) is 3.95. The summed E-state index contributed by atoms with van der Waals surface area (Å²) in [6.07, 6.45) is 3.12. The number of hydrogen-bond donors (Lipinski definition) is 0. The number of hydrogen-bond acceptors (Lipinski definition) is 6. The van der Waals surface area contributed by atoms with Crippen LogP contribution < -0.4 is 9.64 Å². The zero-order valence-corrected chi connectivity index (χ0v) is 11.2. The Kier molecular flexibility index (Phi) is 5.35. The molecule has 0 atom stereocenters. The summed E-state index contributed by atoms with van der Waals surface area (Å²) >= 11 is 0. The maximum Gasteiger partial charge on any atom is 0.325 e. The molecule has 0 saturated carbocycles. The molecule has 0 N–H and O–H groups in total. The topological polar surface area (TPSA) is 64.5 Å². The van der Waals surface area contributed by atoms with Crippen LogP contribution in [0.3, 0.4) is 0 Å². The summed E-state index contributed by atoms with van der Waals surface area (Å²) in [7, 11) is 1.53. The Bertz CT molecular complexity index is 396. The highest BCUT2D eigenvalue weighted by molar-refractivity contribution is 5.75. The van der Waals surface area contributed by atoms with Crippen LogP contribution in [-0.2, 0) is 9.53 Å². The highest BCUT2D eigenvalue weighted by Crippen LogP contribution is 2.16. The molecule has 6 heteroatoms. The minimum absolute atomic E-state index is 0.107. The zero-order chi connectivity index (χ0) is 13.5. The summed E-state index contributed by atoms with van der Waals surface area (Å²) < 4.78 is 9.96. The van der Waals surface area contributed by atoms with Crippen LogP contribution in [0.1, 0.15) is 20.8 Å². The maximum absolute atomic E-state index is 11.5. The Labute approximate surface area is 107 Å². The predicted molar refractivity (Wildman–Crippen MR) is 67.7 cm³/mol. The van der Waals surface area contributed by atoms with E-state index in [-0.39, 0.29) is 18.6 Å². The van der Waals surface area contributed by atoms with Gasteiger partial charge in [-0.05, 0) is 20.8 Å². The third-order valence-corrected chi connectivity index (χ3v) is 2.33. The number of anilines is 1. The molecular formula is C12H19N3O3. The molecule has 0 bridgehead atoms. The standard InChI is InChI=1S/C12H19N3O3/c1-5-18-12(16)8-15(9(2)3)10-6-13-7-11(14-10)17-4/h6-7,9H,5,8H2,1-4H3. The fourth-order valence-corrected chi connectivity index (χ4v) is 1.45. The van der Waals surface area contributed by atoms with E-state index in [1.807, 2.05) is 18.7 Å². The van der Waals surface area contributed by atoms with Gasteiger partial charge in [-0.15, -0.1) is 0 Å². The van der Waals surface area contributed by atoms with Crippen molar-refractivity contribution in [3.05, 3.63) is 12.4 Å². The van der Waals surface area contributed by atoms with Gasteiger partial charge in [0.1, 0.15) is 6.54 Å². The Hall–Kier alpha value is -1.85. The number of nitrogens with zero attached hydrogens (tertiary/aromatic N) is 3. The van der Waals surface area contributed by atoms with Crippen LogP contribution in [0, 0.1) is 0 Å². The van der Waals surface area contributed by atoms with Crippen LogP contribution in [0.15, 0.2) is 12.4 Å². The molecule has 1 heterocycles. The van der Waals surface area contributed by atoms with E-state index in [0.29, 0.717) is 18.3 Å². The number of carbonyl (C=O) groups is 1. The lowest BCUT2D eigenvalue weighted by atomic mass is 10.3. The van der Waals surface area contributed by atoms with E-state index in [1.165, 1.54) is 13.3 Å². The van der Waals surface area contributed by atoms with Crippen molar-refractivity contribution in [2.45, 2.75) is 26.8 Å². The first-order chi connectivity index (χ1) is 8.58. The van der Waals surface area contributed by atoms with Gasteiger partial charge in [0.25, 0.3) is 0 Å². The molecule has 0 spiro atoms. The molecule has 0 aliphatic rings. The normalized spacial score (nSPS) is 10.3. The predicted octanol–water partition coefficient (Wildman–Crippen LogP) is 1.26. The zero-order valence-electron chi connectivity index (χ0n) is 11.2. The highest BCUT2D eigenvalue weighted by atomic mass is 16.5. The number of esters is 1. The van der Waals surface area contributed by atoms with Crippen molar-refractivity contribution in [3.8, 4) is 5.88 Å². The molecule has 1 aromatic rings. The van der Waals surface area contributed by atoms with Gasteiger partial charge in [-0.3, -0.25) is 9.78 Å². The Morgan fingerprint density at radius 2 is 2.17 bits per heavy atom. The monoisotopic (exact) mass is 253 g/mol. The molecule has 0 amide bonds. The number of methoxy groups -OCH3 is 1. The quantitative estimate of drug-likeness (QED) is 0.711. The van der Waals surface area contributed by atoms with Crippen LogP contribution in [0.2, 0.25) is 0 Å². The molecule has 1 rings (SSSR count). The number of ether oxygens (including phenoxy) is 2. The fraction of sp³-hybridized carbons (Fsp3) is 0.583. The van der Waals surface area contributed by atoms with Crippen LogP contribution in [0.5, 0.6) is 5.88 Å². The molecule has 0 saturated heterocycles. The molecule has 18 heavy (non-hydrogen) atoms. The molecule has 0 aromatic carbocycles. The van der Waals surface area contributed by atoms with Crippen molar-refractivity contribution >= 4 is 11.8 Å². The lowest BCUT2D eigenvalue weighted by molar-refractivity contribution is -0.141. The maximum atomic E-state index is 11.5. The molecule has 0 aliphatic heterocycles. The average Bonchev–Trinajstić information content (AvgIpc) is 2.36. The first-order valence-electron chi connectivity index (χ1n) is 5.86. The summed E-state index contributed by atoms with van der Waals surface area (Å²) in [4.78, 5) is 21.6. The van der Waals surface area contributed by atoms with Crippen LogP contribution >= 0.6 is 0 Å². The van der Waals surface area contributed by atoms with E-state index in [2.05, 4.69) is 9.97 Å². The van der Waals surface area contributed by atoms with Crippen molar-refractivity contribution in [2.24, 2.45) is 0 Å². The lowest BCUT2D eigenvalue weighted by Crippen LogP contribution is -2.37. The van der Waals surface area contributed by atoms with E-state index in [4.69, 9.17) is 9.47 Å². The van der Waals surface area contributed by atoms with Gasteiger partial charge in [-0.1, -0.05) is 0 Å². The van der Waals surface area contributed by atoms with Gasteiger partial charge < -0.3 is 14.4 Å². The second-order valence-corrected chi connectivity index (χ2v) is 3.95. The Morgan fingerprint density at radius 1 is 1.44 bits per heavy atom. The first-order valence-corrected chi connectivity index (χ1v) is 5.86. The fourth-order valence-electron chi connectivity index (χ4n) is 1.45. The summed E-state index contributed by atoms with van der Waals surface area (Å²) in [5.41, 5.74) is 0. The molecule has 0 radical (unpaired) electrons. The summed E-state index contributed by atoms with van der Waals surface area (Å²) in [5.74, 6) is 0.732. The minimum atomic E-state index is -0.282. The molecule has 0 fully saturated rings. The molecule has 0 unspecified atom stereocenters. The highest BCUT2D eigenvalue weighted by Gasteiger charge is 2.17. The van der Waals surface area contributed by atoms with Crippen LogP contribution in [0.25, 0.3) is 0 Å². The van der Waals surface area contributed by atoms with E-state index >= 15 is 0 Å². The largest absolute Gasteiger partial charge is 0.480 e. The Morgan fingerprint density at radius 3 is 2.72 bits per heavy atom. The number of rotatable bonds is 6. The van der Waals surface area contributed by atoms with E-state index in [9.17, 15) is 4.79 Å². The van der Waals surface area contributed by atoms with Gasteiger partial charge in [0.15, 0.2) is 5.82 Å². The van der Waals surface area contributed by atoms with Crippen molar-refractivity contribution in [2.75, 3.05) is 25.2 Å². The SMILES string of the molecule is CCOC(=O)CN(c1cncc(OC)n1)C(C)C. The first kappa shape index (κ1) is 14.2. The van der Waals surface area contributed by atoms with Gasteiger partial charge in [0.2, 0.25) is 5.88 Å². The summed E-state index contributed by atoms with van der Waals surface area (Å²) in [6.45, 7) is 6.24. The smallest absolute Gasteiger partial charge is 0.325 e. The summed E-state index contributed by atoms with van der Waals surface area (Å²) in [6, 6.07) is 0.107. The van der Waals surface area contributed by atoms with Gasteiger partial charge >= 0.3 is 5.97 Å². The third kappa shape index (κ3) is 3.87. The molecular weight excluding hydrogens is 234 g/mol. The number of carbonyl (C=O) groups excluding carboxylic acids is 1. The van der Waals surface area contributed by atoms with Crippen molar-refractivity contribution < 1.29 is 14.3 Å². The van der Waals surface area contributed by atoms with Crippen molar-refractivity contribution in [3.63, 3.8) is 0 Å².